The SMILES string of the molecule is CCCCCCCCCc1ccc(Cc2ccc(CCCCCCCCC)cc2CCCCCCCCC)c(CCCCCCCCC)c1. The first kappa shape index (κ1) is 43.6. The highest BCUT2D eigenvalue weighted by molar-refractivity contribution is 5.40. The van der Waals surface area contributed by atoms with E-state index in [4.69, 9.17) is 0 Å². The summed E-state index contributed by atoms with van der Waals surface area (Å²) in [7, 11) is 0. The molecular weight excluding hydrogens is 589 g/mol. The van der Waals surface area contributed by atoms with Crippen molar-refractivity contribution in [1.82, 2.24) is 0 Å². The van der Waals surface area contributed by atoms with Crippen LogP contribution in [0.3, 0.4) is 0 Å². The summed E-state index contributed by atoms with van der Waals surface area (Å²) in [5.41, 5.74) is 9.70. The fourth-order valence-electron chi connectivity index (χ4n) is 7.80. The molecule has 0 fully saturated rings. The van der Waals surface area contributed by atoms with Crippen LogP contribution in [0.4, 0.5) is 0 Å². The van der Waals surface area contributed by atoms with Crippen LogP contribution in [0, 0.1) is 0 Å². The lowest BCUT2D eigenvalue weighted by atomic mass is 9.89. The molecule has 0 heteroatoms. The zero-order valence-electron chi connectivity index (χ0n) is 33.8. The molecular formula is C49H84. The minimum Gasteiger partial charge on any atom is -0.0654 e. The molecule has 0 N–H and O–H groups in total. The standard InChI is InChI=1S/C49H84/c1-5-9-13-17-21-25-29-33-44-37-39-48(46(41-44)35-31-27-23-19-15-11-7-3)43-49-40-38-45(34-30-26-22-18-14-10-6-2)42-47(49)36-32-28-24-20-16-12-8-4/h37-42H,5-36,43H2,1-4H3. The average molecular weight is 673 g/mol. The predicted molar refractivity (Wildman–Crippen MR) is 222 cm³/mol. The van der Waals surface area contributed by atoms with Crippen molar-refractivity contribution in [3.63, 3.8) is 0 Å². The van der Waals surface area contributed by atoms with Gasteiger partial charge in [-0.1, -0.05) is 218 Å². The first-order chi connectivity index (χ1) is 24.2. The third-order valence-corrected chi connectivity index (χ3v) is 11.2. The van der Waals surface area contributed by atoms with Crippen molar-refractivity contribution in [3.8, 4) is 0 Å². The van der Waals surface area contributed by atoms with Crippen molar-refractivity contribution in [1.29, 1.82) is 0 Å². The second-order valence-corrected chi connectivity index (χ2v) is 15.9. The minimum absolute atomic E-state index is 1.12. The van der Waals surface area contributed by atoms with Gasteiger partial charge in [0.05, 0.1) is 0 Å². The predicted octanol–water partition coefficient (Wildman–Crippen LogP) is 16.4. The number of rotatable bonds is 34. The molecule has 0 heterocycles. The first-order valence-electron chi connectivity index (χ1n) is 22.4. The smallest absolute Gasteiger partial charge is 0.00203 e. The van der Waals surface area contributed by atoms with Gasteiger partial charge < -0.3 is 0 Å². The molecule has 0 aliphatic rings. The molecule has 2 aromatic rings. The highest BCUT2D eigenvalue weighted by atomic mass is 14.2. The third-order valence-electron chi connectivity index (χ3n) is 11.2. The van der Waals surface area contributed by atoms with E-state index in [1.54, 1.807) is 33.4 Å². The van der Waals surface area contributed by atoms with E-state index in [9.17, 15) is 0 Å². The molecule has 0 unspecified atom stereocenters. The lowest BCUT2D eigenvalue weighted by Gasteiger charge is -2.16. The average Bonchev–Trinajstić information content (AvgIpc) is 3.11. The van der Waals surface area contributed by atoms with E-state index in [2.05, 4.69) is 64.1 Å². The van der Waals surface area contributed by atoms with Crippen molar-refractivity contribution in [2.24, 2.45) is 0 Å². The maximum Gasteiger partial charge on any atom is -0.00203 e. The van der Waals surface area contributed by atoms with Crippen LogP contribution in [0.1, 0.15) is 241 Å². The van der Waals surface area contributed by atoms with E-state index in [1.807, 2.05) is 0 Å². The molecule has 49 heavy (non-hydrogen) atoms. The first-order valence-corrected chi connectivity index (χ1v) is 22.4. The molecule has 2 aromatic carbocycles. The Morgan fingerprint density at radius 1 is 0.265 bits per heavy atom. The Hall–Kier alpha value is -1.56. The summed E-state index contributed by atoms with van der Waals surface area (Å²) in [6.07, 6.45) is 45.2. The van der Waals surface area contributed by atoms with E-state index in [0.29, 0.717) is 0 Å². The highest BCUT2D eigenvalue weighted by Gasteiger charge is 2.11. The summed E-state index contributed by atoms with van der Waals surface area (Å²) in [5, 5.41) is 0. The number of hydrogen-bond donors (Lipinski definition) is 0. The van der Waals surface area contributed by atoms with E-state index < -0.39 is 0 Å². The zero-order valence-corrected chi connectivity index (χ0v) is 33.8. The molecule has 0 aromatic heterocycles. The summed E-state index contributed by atoms with van der Waals surface area (Å²) < 4.78 is 0. The van der Waals surface area contributed by atoms with Crippen LogP contribution < -0.4 is 0 Å². The van der Waals surface area contributed by atoms with Crippen LogP contribution in [-0.2, 0) is 32.1 Å². The van der Waals surface area contributed by atoms with Crippen molar-refractivity contribution < 1.29 is 0 Å². The van der Waals surface area contributed by atoms with Gasteiger partial charge in [-0.05, 0) is 91.2 Å². The van der Waals surface area contributed by atoms with Crippen molar-refractivity contribution in [2.45, 2.75) is 240 Å². The van der Waals surface area contributed by atoms with Crippen molar-refractivity contribution >= 4 is 0 Å². The molecule has 0 saturated carbocycles. The monoisotopic (exact) mass is 673 g/mol. The summed E-state index contributed by atoms with van der Waals surface area (Å²) in [6.45, 7) is 9.28. The van der Waals surface area contributed by atoms with Crippen LogP contribution >= 0.6 is 0 Å². The molecule has 280 valence electrons. The van der Waals surface area contributed by atoms with E-state index >= 15 is 0 Å². The molecule has 0 aliphatic heterocycles. The largest absolute Gasteiger partial charge is 0.0654 e. The lowest BCUT2D eigenvalue weighted by molar-refractivity contribution is 0.586. The lowest BCUT2D eigenvalue weighted by Crippen LogP contribution is -2.03. The van der Waals surface area contributed by atoms with Crippen LogP contribution in [0.15, 0.2) is 36.4 Å². The molecule has 2 rings (SSSR count). The molecule has 0 aliphatic carbocycles. The fraction of sp³-hybridized carbons (Fsp3) is 0.755. The van der Waals surface area contributed by atoms with Crippen LogP contribution in [0.2, 0.25) is 0 Å². The van der Waals surface area contributed by atoms with Gasteiger partial charge in [0.25, 0.3) is 0 Å². The molecule has 0 atom stereocenters. The number of unbranched alkanes of at least 4 members (excludes halogenated alkanes) is 24. The minimum atomic E-state index is 1.12. The van der Waals surface area contributed by atoms with Gasteiger partial charge in [-0.2, -0.15) is 0 Å². The third kappa shape index (κ3) is 22.1. The van der Waals surface area contributed by atoms with Gasteiger partial charge in [-0.25, -0.2) is 0 Å². The Kier molecular flexibility index (Phi) is 27.8. The van der Waals surface area contributed by atoms with E-state index in [1.165, 1.54) is 205 Å². The summed E-state index contributed by atoms with van der Waals surface area (Å²) in [6, 6.07) is 15.3. The van der Waals surface area contributed by atoms with Gasteiger partial charge in [-0.15, -0.1) is 0 Å². The molecule has 0 spiro atoms. The van der Waals surface area contributed by atoms with Gasteiger partial charge in [0.1, 0.15) is 0 Å². The Morgan fingerprint density at radius 3 is 0.837 bits per heavy atom. The number of aryl methyl sites for hydroxylation is 4. The Bertz CT molecular complexity index is 933. The van der Waals surface area contributed by atoms with Crippen LogP contribution in [0.25, 0.3) is 0 Å². The van der Waals surface area contributed by atoms with Crippen molar-refractivity contribution in [2.75, 3.05) is 0 Å². The van der Waals surface area contributed by atoms with Gasteiger partial charge in [0.15, 0.2) is 0 Å². The van der Waals surface area contributed by atoms with Gasteiger partial charge in [0.2, 0.25) is 0 Å². The van der Waals surface area contributed by atoms with Crippen molar-refractivity contribution in [3.05, 3.63) is 69.8 Å². The Morgan fingerprint density at radius 2 is 0.531 bits per heavy atom. The Labute approximate surface area is 308 Å². The molecule has 0 amide bonds. The fourth-order valence-corrected chi connectivity index (χ4v) is 7.80. The summed E-state index contributed by atoms with van der Waals surface area (Å²) in [4.78, 5) is 0. The van der Waals surface area contributed by atoms with Crippen LogP contribution in [-0.4, -0.2) is 0 Å². The maximum atomic E-state index is 2.63. The summed E-state index contributed by atoms with van der Waals surface area (Å²) >= 11 is 0. The van der Waals surface area contributed by atoms with E-state index in [0.717, 1.165) is 6.42 Å². The maximum absolute atomic E-state index is 2.63. The number of hydrogen-bond acceptors (Lipinski definition) is 0. The second kappa shape index (κ2) is 31.2. The molecule has 0 nitrogen and oxygen atoms in total. The quantitative estimate of drug-likeness (QED) is 0.0649. The van der Waals surface area contributed by atoms with E-state index in [-0.39, 0.29) is 0 Å². The molecule has 0 saturated heterocycles. The highest BCUT2D eigenvalue weighted by Crippen LogP contribution is 2.25. The second-order valence-electron chi connectivity index (χ2n) is 15.9. The van der Waals surface area contributed by atoms with Gasteiger partial charge >= 0.3 is 0 Å². The Balaban J connectivity index is 2.10. The van der Waals surface area contributed by atoms with Gasteiger partial charge in [-0.3, -0.25) is 0 Å². The van der Waals surface area contributed by atoms with Gasteiger partial charge in [0, 0.05) is 0 Å². The zero-order chi connectivity index (χ0) is 35.0. The summed E-state index contributed by atoms with van der Waals surface area (Å²) in [5.74, 6) is 0. The molecule has 0 bridgehead atoms. The topological polar surface area (TPSA) is 0 Å². The number of benzene rings is 2. The molecule has 0 radical (unpaired) electrons. The van der Waals surface area contributed by atoms with Crippen LogP contribution in [0.5, 0.6) is 0 Å². The normalized spacial score (nSPS) is 11.5.